The van der Waals surface area contributed by atoms with Gasteiger partial charge < -0.3 is 19.5 Å². The zero-order valence-corrected chi connectivity index (χ0v) is 14.4. The van der Waals surface area contributed by atoms with Crippen molar-refractivity contribution >= 4 is 5.91 Å². The Morgan fingerprint density at radius 1 is 1.28 bits per heavy atom. The molecule has 0 aromatic heterocycles. The van der Waals surface area contributed by atoms with Crippen LogP contribution < -0.4 is 4.74 Å². The Bertz CT molecular complexity index is 725. The summed E-state index contributed by atoms with van der Waals surface area (Å²) in [5, 5.41) is 10.1. The topological polar surface area (TPSA) is 59.0 Å². The number of methoxy groups -OCH3 is 1. The molecule has 3 rings (SSSR count). The molecule has 1 unspecified atom stereocenters. The van der Waals surface area contributed by atoms with Gasteiger partial charge in [0.05, 0.1) is 13.2 Å². The lowest BCUT2D eigenvalue weighted by Crippen LogP contribution is -2.37. The lowest BCUT2D eigenvalue weighted by molar-refractivity contribution is 0.0505. The van der Waals surface area contributed by atoms with Gasteiger partial charge in [0.25, 0.3) is 5.91 Å². The van der Waals surface area contributed by atoms with Crippen molar-refractivity contribution in [1.82, 2.24) is 4.90 Å². The minimum atomic E-state index is -0.0994. The molecule has 1 heterocycles. The van der Waals surface area contributed by atoms with E-state index in [4.69, 9.17) is 9.47 Å². The number of ether oxygens (including phenoxy) is 2. The minimum Gasteiger partial charge on any atom is -0.508 e. The van der Waals surface area contributed by atoms with E-state index in [0.29, 0.717) is 24.4 Å². The van der Waals surface area contributed by atoms with Crippen molar-refractivity contribution in [3.05, 3.63) is 59.7 Å². The molecule has 1 fully saturated rings. The number of phenolic OH excluding ortho intramolecular Hbond substituents is 1. The molecule has 2 aromatic rings. The van der Waals surface area contributed by atoms with Crippen LogP contribution in [0.3, 0.4) is 0 Å². The molecule has 1 amide bonds. The summed E-state index contributed by atoms with van der Waals surface area (Å²) in [6.45, 7) is 1.58. The van der Waals surface area contributed by atoms with E-state index in [1.54, 1.807) is 42.3 Å². The van der Waals surface area contributed by atoms with Crippen LogP contribution in [-0.2, 0) is 11.3 Å². The number of hydrogen-bond acceptors (Lipinski definition) is 4. The van der Waals surface area contributed by atoms with E-state index in [2.05, 4.69) is 0 Å². The second-order valence-corrected chi connectivity index (χ2v) is 6.18. The van der Waals surface area contributed by atoms with E-state index in [1.165, 1.54) is 0 Å². The molecule has 0 radical (unpaired) electrons. The summed E-state index contributed by atoms with van der Waals surface area (Å²) in [4.78, 5) is 14.8. The number of carbonyl (C=O) groups is 1. The standard InChI is InChI=1S/C20H23NO4/c1-24-17-8-4-7-15(12-17)20(23)21(14-18-9-5-11-25-18)13-16-6-2-3-10-19(16)22/h2-4,6-8,10,12,18,22H,5,9,11,13-14H2,1H3. The van der Waals surface area contributed by atoms with Gasteiger partial charge in [-0.1, -0.05) is 24.3 Å². The second kappa shape index (κ2) is 8.03. The molecule has 1 N–H and O–H groups in total. The molecule has 0 bridgehead atoms. The maximum Gasteiger partial charge on any atom is 0.254 e. The first-order valence-electron chi connectivity index (χ1n) is 8.49. The Hall–Kier alpha value is -2.53. The van der Waals surface area contributed by atoms with Gasteiger partial charge >= 0.3 is 0 Å². The molecule has 1 aliphatic rings. The van der Waals surface area contributed by atoms with Crippen LogP contribution in [0, 0.1) is 0 Å². The summed E-state index contributed by atoms with van der Waals surface area (Å²) >= 11 is 0. The Labute approximate surface area is 147 Å². The summed E-state index contributed by atoms with van der Waals surface area (Å²) in [5.41, 5.74) is 1.28. The number of nitrogens with zero attached hydrogens (tertiary/aromatic N) is 1. The summed E-state index contributed by atoms with van der Waals surface area (Å²) in [6.07, 6.45) is 2.01. The first kappa shape index (κ1) is 17.3. The van der Waals surface area contributed by atoms with Crippen molar-refractivity contribution in [3.63, 3.8) is 0 Å². The summed E-state index contributed by atoms with van der Waals surface area (Å²) in [5.74, 6) is 0.737. The Morgan fingerprint density at radius 2 is 2.12 bits per heavy atom. The van der Waals surface area contributed by atoms with Crippen LogP contribution in [0.1, 0.15) is 28.8 Å². The highest BCUT2D eigenvalue weighted by Gasteiger charge is 2.24. The molecule has 0 aliphatic carbocycles. The predicted octanol–water partition coefficient (Wildman–Crippen LogP) is 3.22. The summed E-state index contributed by atoms with van der Waals surface area (Å²) in [7, 11) is 1.58. The van der Waals surface area contributed by atoms with Crippen LogP contribution in [0.5, 0.6) is 11.5 Å². The third-order valence-corrected chi connectivity index (χ3v) is 4.40. The average molecular weight is 341 g/mol. The fourth-order valence-corrected chi connectivity index (χ4v) is 3.04. The van der Waals surface area contributed by atoms with Crippen molar-refractivity contribution in [2.24, 2.45) is 0 Å². The molecule has 5 nitrogen and oxygen atoms in total. The zero-order valence-electron chi connectivity index (χ0n) is 14.4. The van der Waals surface area contributed by atoms with Gasteiger partial charge in [0.1, 0.15) is 11.5 Å². The van der Waals surface area contributed by atoms with Gasteiger partial charge in [0.2, 0.25) is 0 Å². The average Bonchev–Trinajstić information content (AvgIpc) is 3.15. The van der Waals surface area contributed by atoms with Crippen LogP contribution in [0.25, 0.3) is 0 Å². The molecule has 1 saturated heterocycles. The number of para-hydroxylation sites is 1. The van der Waals surface area contributed by atoms with Crippen LogP contribution >= 0.6 is 0 Å². The van der Waals surface area contributed by atoms with Crippen molar-refractivity contribution in [2.75, 3.05) is 20.3 Å². The number of carbonyl (C=O) groups excluding carboxylic acids is 1. The van der Waals surface area contributed by atoms with Crippen LogP contribution in [0.2, 0.25) is 0 Å². The second-order valence-electron chi connectivity index (χ2n) is 6.18. The number of benzene rings is 2. The number of hydrogen-bond donors (Lipinski definition) is 1. The number of aromatic hydroxyl groups is 1. The van der Waals surface area contributed by atoms with Crippen molar-refractivity contribution < 1.29 is 19.4 Å². The molecule has 25 heavy (non-hydrogen) atoms. The Morgan fingerprint density at radius 3 is 2.84 bits per heavy atom. The maximum absolute atomic E-state index is 13.0. The SMILES string of the molecule is COc1cccc(C(=O)N(Cc2ccccc2O)CC2CCCO2)c1. The lowest BCUT2D eigenvalue weighted by Gasteiger charge is -2.26. The van der Waals surface area contributed by atoms with Crippen molar-refractivity contribution in [1.29, 1.82) is 0 Å². The smallest absolute Gasteiger partial charge is 0.254 e. The van der Waals surface area contributed by atoms with Gasteiger partial charge in [-0.3, -0.25) is 4.79 Å². The molecule has 132 valence electrons. The van der Waals surface area contributed by atoms with Crippen molar-refractivity contribution in [3.8, 4) is 11.5 Å². The third-order valence-electron chi connectivity index (χ3n) is 4.40. The molecule has 1 atom stereocenters. The number of rotatable bonds is 6. The zero-order chi connectivity index (χ0) is 17.6. The third kappa shape index (κ3) is 4.31. The largest absolute Gasteiger partial charge is 0.508 e. The quantitative estimate of drug-likeness (QED) is 0.876. The number of phenols is 1. The molecule has 0 spiro atoms. The van der Waals surface area contributed by atoms with Gasteiger partial charge in [-0.05, 0) is 37.1 Å². The van der Waals surface area contributed by atoms with Crippen LogP contribution in [0.4, 0.5) is 0 Å². The van der Waals surface area contributed by atoms with Gasteiger partial charge in [-0.2, -0.15) is 0 Å². The Balaban J connectivity index is 1.83. The fraction of sp³-hybridized carbons (Fsp3) is 0.350. The van der Waals surface area contributed by atoms with E-state index in [-0.39, 0.29) is 17.8 Å². The van der Waals surface area contributed by atoms with E-state index in [1.807, 2.05) is 18.2 Å². The molecule has 1 aliphatic heterocycles. The molecule has 5 heteroatoms. The lowest BCUT2D eigenvalue weighted by atomic mass is 10.1. The normalized spacial score (nSPS) is 16.6. The van der Waals surface area contributed by atoms with Crippen molar-refractivity contribution in [2.45, 2.75) is 25.5 Å². The maximum atomic E-state index is 13.0. The molecule has 2 aromatic carbocycles. The van der Waals surface area contributed by atoms with E-state index in [9.17, 15) is 9.90 Å². The molecule has 0 saturated carbocycles. The summed E-state index contributed by atoms with van der Waals surface area (Å²) in [6, 6.07) is 14.2. The Kier molecular flexibility index (Phi) is 5.56. The molecular weight excluding hydrogens is 318 g/mol. The highest BCUT2D eigenvalue weighted by atomic mass is 16.5. The monoisotopic (exact) mass is 341 g/mol. The predicted molar refractivity (Wildman–Crippen MR) is 94.8 cm³/mol. The van der Waals surface area contributed by atoms with Gasteiger partial charge in [0.15, 0.2) is 0 Å². The van der Waals surface area contributed by atoms with Gasteiger partial charge in [-0.25, -0.2) is 0 Å². The van der Waals surface area contributed by atoms with Gasteiger partial charge in [0, 0.05) is 30.8 Å². The highest BCUT2D eigenvalue weighted by molar-refractivity contribution is 5.94. The van der Waals surface area contributed by atoms with Gasteiger partial charge in [-0.15, -0.1) is 0 Å². The summed E-state index contributed by atoms with van der Waals surface area (Å²) < 4.78 is 10.9. The first-order valence-corrected chi connectivity index (χ1v) is 8.49. The molecular formula is C20H23NO4. The highest BCUT2D eigenvalue weighted by Crippen LogP contribution is 2.22. The first-order chi connectivity index (χ1) is 12.2. The fourth-order valence-electron chi connectivity index (χ4n) is 3.04. The van der Waals surface area contributed by atoms with E-state index < -0.39 is 0 Å². The number of amides is 1. The van der Waals surface area contributed by atoms with E-state index in [0.717, 1.165) is 25.0 Å². The van der Waals surface area contributed by atoms with Crippen LogP contribution in [0.15, 0.2) is 48.5 Å². The van der Waals surface area contributed by atoms with E-state index >= 15 is 0 Å². The minimum absolute atomic E-state index is 0.0420. The van der Waals surface area contributed by atoms with Crippen LogP contribution in [-0.4, -0.2) is 42.3 Å².